The van der Waals surface area contributed by atoms with Gasteiger partial charge in [0.2, 0.25) is 0 Å². The van der Waals surface area contributed by atoms with Crippen molar-refractivity contribution in [3.05, 3.63) is 0 Å². The van der Waals surface area contributed by atoms with Crippen LogP contribution in [0.4, 0.5) is 4.79 Å². The second-order valence-electron chi connectivity index (χ2n) is 4.37. The summed E-state index contributed by atoms with van der Waals surface area (Å²) in [6, 6.07) is -0.896. The van der Waals surface area contributed by atoms with E-state index in [4.69, 9.17) is 9.84 Å². The zero-order valence-electron chi connectivity index (χ0n) is 9.75. The fourth-order valence-corrected chi connectivity index (χ4v) is 1.31. The molecule has 1 atom stereocenters. The molecule has 94 valence electrons. The van der Waals surface area contributed by atoms with Crippen LogP contribution in [0.3, 0.4) is 0 Å². The lowest BCUT2D eigenvalue weighted by Crippen LogP contribution is -2.43. The third-order valence-electron chi connectivity index (χ3n) is 1.62. The van der Waals surface area contributed by atoms with Crippen molar-refractivity contribution >= 4 is 28.0 Å². The average molecular weight is 296 g/mol. The van der Waals surface area contributed by atoms with Crippen molar-refractivity contribution in [2.45, 2.75) is 45.3 Å². The fraction of sp³-hybridized carbons (Fsp3) is 0.800. The minimum Gasteiger partial charge on any atom is -0.480 e. The summed E-state index contributed by atoms with van der Waals surface area (Å²) in [6.45, 7) is 5.17. The Hall–Kier alpha value is -0.780. The summed E-state index contributed by atoms with van der Waals surface area (Å²) in [6.07, 6.45) is 0.349. The van der Waals surface area contributed by atoms with Gasteiger partial charge in [0.25, 0.3) is 0 Å². The number of amides is 1. The summed E-state index contributed by atoms with van der Waals surface area (Å²) >= 11 is 3.21. The molecule has 0 aromatic heterocycles. The summed E-state index contributed by atoms with van der Waals surface area (Å²) < 4.78 is 4.97. The molecule has 0 aromatic rings. The summed E-state index contributed by atoms with van der Waals surface area (Å²) in [5.74, 6) is -1.05. The highest BCUT2D eigenvalue weighted by Gasteiger charge is 2.23. The molecule has 0 saturated carbocycles. The summed E-state index contributed by atoms with van der Waals surface area (Å²) in [7, 11) is 0. The van der Waals surface area contributed by atoms with Gasteiger partial charge in [-0.2, -0.15) is 0 Å². The largest absolute Gasteiger partial charge is 0.480 e. The molecule has 0 bridgehead atoms. The van der Waals surface area contributed by atoms with Crippen LogP contribution in [-0.4, -0.2) is 34.1 Å². The number of hydrogen-bond donors (Lipinski definition) is 2. The SMILES string of the molecule is CC(C)(C)OC(=O)NC(CCCBr)C(=O)O. The van der Waals surface area contributed by atoms with Crippen molar-refractivity contribution in [1.82, 2.24) is 5.32 Å². The Labute approximate surface area is 104 Å². The predicted molar refractivity (Wildman–Crippen MR) is 63.8 cm³/mol. The number of carbonyl (C=O) groups is 2. The Morgan fingerprint density at radius 2 is 2.00 bits per heavy atom. The highest BCUT2D eigenvalue weighted by Crippen LogP contribution is 2.08. The molecular weight excluding hydrogens is 278 g/mol. The van der Waals surface area contributed by atoms with Gasteiger partial charge in [0.15, 0.2) is 0 Å². The maximum Gasteiger partial charge on any atom is 0.408 e. The Bertz CT molecular complexity index is 250. The molecule has 1 amide bonds. The molecule has 16 heavy (non-hydrogen) atoms. The molecule has 0 heterocycles. The molecule has 6 heteroatoms. The first-order valence-electron chi connectivity index (χ1n) is 5.04. The van der Waals surface area contributed by atoms with Crippen LogP contribution >= 0.6 is 15.9 Å². The minimum absolute atomic E-state index is 0.375. The highest BCUT2D eigenvalue weighted by atomic mass is 79.9. The van der Waals surface area contributed by atoms with Gasteiger partial charge in [-0.05, 0) is 33.6 Å². The Kier molecular flexibility index (Phi) is 6.40. The molecule has 0 aliphatic rings. The highest BCUT2D eigenvalue weighted by molar-refractivity contribution is 9.09. The third kappa shape index (κ3) is 7.50. The smallest absolute Gasteiger partial charge is 0.408 e. The van der Waals surface area contributed by atoms with Gasteiger partial charge in [-0.25, -0.2) is 9.59 Å². The maximum absolute atomic E-state index is 11.3. The molecule has 0 radical (unpaired) electrons. The van der Waals surface area contributed by atoms with Crippen molar-refractivity contribution in [3.8, 4) is 0 Å². The van der Waals surface area contributed by atoms with Crippen LogP contribution in [0.1, 0.15) is 33.6 Å². The first-order chi connectivity index (χ1) is 7.26. The number of carbonyl (C=O) groups excluding carboxylic acids is 1. The molecule has 5 nitrogen and oxygen atoms in total. The maximum atomic E-state index is 11.3. The van der Waals surface area contributed by atoms with Crippen molar-refractivity contribution < 1.29 is 19.4 Å². The number of nitrogens with one attached hydrogen (secondary N) is 1. The quantitative estimate of drug-likeness (QED) is 0.762. The van der Waals surface area contributed by atoms with E-state index in [0.29, 0.717) is 18.2 Å². The number of hydrogen-bond acceptors (Lipinski definition) is 3. The first kappa shape index (κ1) is 15.2. The van der Waals surface area contributed by atoms with Crippen LogP contribution in [0.25, 0.3) is 0 Å². The molecule has 0 spiro atoms. The number of alkyl halides is 1. The monoisotopic (exact) mass is 295 g/mol. The van der Waals surface area contributed by atoms with Gasteiger partial charge in [-0.3, -0.25) is 0 Å². The lowest BCUT2D eigenvalue weighted by molar-refractivity contribution is -0.139. The average Bonchev–Trinajstić information content (AvgIpc) is 2.08. The Balaban J connectivity index is 4.19. The zero-order chi connectivity index (χ0) is 12.8. The molecular formula is C10H18BrNO4. The van der Waals surface area contributed by atoms with Crippen LogP contribution in [0.5, 0.6) is 0 Å². The molecule has 0 aromatic carbocycles. The number of carboxylic acid groups (broad SMARTS) is 1. The number of carboxylic acids is 1. The summed E-state index contributed by atoms with van der Waals surface area (Å²) in [5, 5.41) is 11.9. The van der Waals surface area contributed by atoms with Crippen molar-refractivity contribution in [2.24, 2.45) is 0 Å². The van der Waals surface area contributed by atoms with E-state index >= 15 is 0 Å². The van der Waals surface area contributed by atoms with Gasteiger partial charge in [0, 0.05) is 5.33 Å². The number of aliphatic carboxylic acids is 1. The summed E-state index contributed by atoms with van der Waals surface area (Å²) in [4.78, 5) is 22.1. The van der Waals surface area contributed by atoms with E-state index in [9.17, 15) is 9.59 Å². The Morgan fingerprint density at radius 3 is 2.38 bits per heavy atom. The standard InChI is InChI=1S/C10H18BrNO4/c1-10(2,3)16-9(15)12-7(8(13)14)5-4-6-11/h7H,4-6H2,1-3H3,(H,12,15)(H,13,14). The molecule has 0 saturated heterocycles. The van der Waals surface area contributed by atoms with E-state index in [0.717, 1.165) is 0 Å². The van der Waals surface area contributed by atoms with E-state index in [1.807, 2.05) is 0 Å². The van der Waals surface area contributed by atoms with Crippen LogP contribution in [0.2, 0.25) is 0 Å². The zero-order valence-corrected chi connectivity index (χ0v) is 11.3. The second kappa shape index (κ2) is 6.73. The van der Waals surface area contributed by atoms with Gasteiger partial charge in [0.05, 0.1) is 0 Å². The predicted octanol–water partition coefficient (Wildman–Crippen LogP) is 2.14. The fourth-order valence-electron chi connectivity index (χ4n) is 0.988. The van der Waals surface area contributed by atoms with Crippen LogP contribution in [0.15, 0.2) is 0 Å². The molecule has 0 aliphatic heterocycles. The van der Waals surface area contributed by atoms with Gasteiger partial charge in [0.1, 0.15) is 11.6 Å². The van der Waals surface area contributed by atoms with Crippen molar-refractivity contribution in [3.63, 3.8) is 0 Å². The number of ether oxygens (including phenoxy) is 1. The van der Waals surface area contributed by atoms with Gasteiger partial charge < -0.3 is 15.2 Å². The minimum atomic E-state index is -1.05. The van der Waals surface area contributed by atoms with Gasteiger partial charge in [-0.15, -0.1) is 0 Å². The van der Waals surface area contributed by atoms with Crippen molar-refractivity contribution in [1.29, 1.82) is 0 Å². The van der Waals surface area contributed by atoms with Gasteiger partial charge >= 0.3 is 12.1 Å². The van der Waals surface area contributed by atoms with E-state index in [1.165, 1.54) is 0 Å². The molecule has 0 rings (SSSR count). The van der Waals surface area contributed by atoms with Crippen LogP contribution < -0.4 is 5.32 Å². The number of alkyl carbamates (subject to hydrolysis) is 1. The lowest BCUT2D eigenvalue weighted by Gasteiger charge is -2.21. The van der Waals surface area contributed by atoms with E-state index in [-0.39, 0.29) is 0 Å². The second-order valence-corrected chi connectivity index (χ2v) is 5.16. The van der Waals surface area contributed by atoms with E-state index < -0.39 is 23.7 Å². The van der Waals surface area contributed by atoms with Crippen LogP contribution in [0, 0.1) is 0 Å². The summed E-state index contributed by atoms with van der Waals surface area (Å²) in [5.41, 5.74) is -0.622. The number of rotatable bonds is 5. The van der Waals surface area contributed by atoms with Crippen LogP contribution in [-0.2, 0) is 9.53 Å². The van der Waals surface area contributed by atoms with Crippen molar-refractivity contribution in [2.75, 3.05) is 5.33 Å². The topological polar surface area (TPSA) is 75.6 Å². The molecule has 0 fully saturated rings. The molecule has 0 aliphatic carbocycles. The third-order valence-corrected chi connectivity index (χ3v) is 2.18. The Morgan fingerprint density at radius 1 is 1.44 bits per heavy atom. The normalized spacial score (nSPS) is 13.0. The lowest BCUT2D eigenvalue weighted by atomic mass is 10.2. The molecule has 1 unspecified atom stereocenters. The first-order valence-corrected chi connectivity index (χ1v) is 6.16. The van der Waals surface area contributed by atoms with E-state index in [2.05, 4.69) is 21.2 Å². The van der Waals surface area contributed by atoms with Gasteiger partial charge in [-0.1, -0.05) is 15.9 Å². The van der Waals surface area contributed by atoms with E-state index in [1.54, 1.807) is 20.8 Å². The number of halogens is 1. The molecule has 2 N–H and O–H groups in total.